The van der Waals surface area contributed by atoms with Crippen LogP contribution in [0.4, 0.5) is 13.2 Å². The second kappa shape index (κ2) is 4.81. The van der Waals surface area contributed by atoms with Crippen LogP contribution in [0.2, 0.25) is 0 Å². The van der Waals surface area contributed by atoms with Crippen LogP contribution in [0, 0.1) is 0 Å². The number of nitrogens with two attached hydrogens (primary N) is 1. The quantitative estimate of drug-likeness (QED) is 0.916. The maximum absolute atomic E-state index is 12.4. The number of hydrogen-bond acceptors (Lipinski definition) is 2. The van der Waals surface area contributed by atoms with Gasteiger partial charge in [-0.05, 0) is 17.7 Å². The van der Waals surface area contributed by atoms with Gasteiger partial charge in [0.2, 0.25) is 0 Å². The highest BCUT2D eigenvalue weighted by Crippen LogP contribution is 2.29. The molecule has 6 heteroatoms. The Morgan fingerprint density at radius 2 is 1.89 bits per heavy atom. The van der Waals surface area contributed by atoms with E-state index in [1.807, 2.05) is 0 Å². The zero-order valence-electron chi connectivity index (χ0n) is 9.43. The Bertz CT molecular complexity index is 488. The first-order valence-corrected chi connectivity index (χ1v) is 5.35. The largest absolute Gasteiger partial charge is 0.416 e. The molecule has 2 rings (SSSR count). The van der Waals surface area contributed by atoms with Crippen LogP contribution in [-0.2, 0) is 12.7 Å². The standard InChI is InChI=1S/C12H12F3N3/c13-12(14,15)10-3-1-9(2-4-10)11(16)7-18-6-5-17-8-18/h1-6,8,11H,7,16H2. The Morgan fingerprint density at radius 3 is 2.39 bits per heavy atom. The van der Waals surface area contributed by atoms with E-state index in [2.05, 4.69) is 4.98 Å². The van der Waals surface area contributed by atoms with Crippen LogP contribution in [-0.4, -0.2) is 9.55 Å². The molecule has 18 heavy (non-hydrogen) atoms. The van der Waals surface area contributed by atoms with E-state index in [1.165, 1.54) is 12.1 Å². The predicted molar refractivity (Wildman–Crippen MR) is 60.6 cm³/mol. The van der Waals surface area contributed by atoms with E-state index in [1.54, 1.807) is 23.3 Å². The summed E-state index contributed by atoms with van der Waals surface area (Å²) in [5.74, 6) is 0. The molecule has 0 saturated carbocycles. The molecule has 0 bridgehead atoms. The van der Waals surface area contributed by atoms with Gasteiger partial charge in [0.15, 0.2) is 0 Å². The summed E-state index contributed by atoms with van der Waals surface area (Å²) < 4.78 is 38.9. The highest BCUT2D eigenvalue weighted by molar-refractivity contribution is 5.26. The van der Waals surface area contributed by atoms with Crippen LogP contribution >= 0.6 is 0 Å². The zero-order chi connectivity index (χ0) is 13.2. The SMILES string of the molecule is NC(Cn1ccnc1)c1ccc(C(F)(F)F)cc1. The second-order valence-electron chi connectivity index (χ2n) is 3.99. The van der Waals surface area contributed by atoms with Crippen LogP contribution in [0.3, 0.4) is 0 Å². The molecule has 1 aromatic carbocycles. The first-order valence-electron chi connectivity index (χ1n) is 5.35. The lowest BCUT2D eigenvalue weighted by Gasteiger charge is -2.14. The normalized spacial score (nSPS) is 13.6. The van der Waals surface area contributed by atoms with Crippen molar-refractivity contribution in [3.05, 3.63) is 54.1 Å². The minimum atomic E-state index is -4.31. The molecule has 2 aromatic rings. The Hall–Kier alpha value is -1.82. The van der Waals surface area contributed by atoms with Gasteiger partial charge in [-0.25, -0.2) is 4.98 Å². The Labute approximate surface area is 102 Å². The number of aromatic nitrogens is 2. The van der Waals surface area contributed by atoms with Gasteiger partial charge in [0, 0.05) is 25.0 Å². The van der Waals surface area contributed by atoms with E-state index in [4.69, 9.17) is 5.73 Å². The van der Waals surface area contributed by atoms with Crippen molar-refractivity contribution >= 4 is 0 Å². The molecule has 0 fully saturated rings. The number of imidazole rings is 1. The summed E-state index contributed by atoms with van der Waals surface area (Å²) >= 11 is 0. The first kappa shape index (κ1) is 12.6. The van der Waals surface area contributed by atoms with Crippen molar-refractivity contribution in [2.45, 2.75) is 18.8 Å². The predicted octanol–water partition coefficient (Wildman–Crippen LogP) is 2.60. The third-order valence-corrected chi connectivity index (χ3v) is 2.63. The van der Waals surface area contributed by atoms with Gasteiger partial charge in [-0.3, -0.25) is 0 Å². The van der Waals surface area contributed by atoms with Gasteiger partial charge >= 0.3 is 6.18 Å². The highest BCUT2D eigenvalue weighted by Gasteiger charge is 2.30. The molecule has 0 aliphatic carbocycles. The highest BCUT2D eigenvalue weighted by atomic mass is 19.4. The molecule has 0 spiro atoms. The van der Waals surface area contributed by atoms with E-state index in [0.29, 0.717) is 12.1 Å². The van der Waals surface area contributed by atoms with Crippen molar-refractivity contribution in [2.24, 2.45) is 5.73 Å². The minimum absolute atomic E-state index is 0.360. The van der Waals surface area contributed by atoms with E-state index in [0.717, 1.165) is 12.1 Å². The zero-order valence-corrected chi connectivity index (χ0v) is 9.43. The molecule has 96 valence electrons. The fourth-order valence-electron chi connectivity index (χ4n) is 1.65. The molecule has 1 atom stereocenters. The average molecular weight is 255 g/mol. The van der Waals surface area contributed by atoms with Crippen LogP contribution in [0.15, 0.2) is 43.0 Å². The molecule has 2 N–H and O–H groups in total. The molecule has 0 saturated heterocycles. The summed E-state index contributed by atoms with van der Waals surface area (Å²) in [6.45, 7) is 0.478. The molecule has 3 nitrogen and oxygen atoms in total. The maximum Gasteiger partial charge on any atom is 0.416 e. The van der Waals surface area contributed by atoms with Gasteiger partial charge in [-0.2, -0.15) is 13.2 Å². The van der Waals surface area contributed by atoms with Crippen LogP contribution in [0.25, 0.3) is 0 Å². The number of rotatable bonds is 3. The lowest BCUT2D eigenvalue weighted by molar-refractivity contribution is -0.137. The first-order chi connectivity index (χ1) is 8.47. The summed E-state index contributed by atoms with van der Waals surface area (Å²) in [5.41, 5.74) is 5.91. The molecule has 1 aromatic heterocycles. The van der Waals surface area contributed by atoms with Gasteiger partial charge < -0.3 is 10.3 Å². The van der Waals surface area contributed by atoms with E-state index in [-0.39, 0.29) is 6.04 Å². The summed E-state index contributed by atoms with van der Waals surface area (Å²) in [6, 6.07) is 4.54. The van der Waals surface area contributed by atoms with Crippen molar-refractivity contribution in [1.29, 1.82) is 0 Å². The number of hydrogen-bond donors (Lipinski definition) is 1. The maximum atomic E-state index is 12.4. The average Bonchev–Trinajstić information content (AvgIpc) is 2.81. The lowest BCUT2D eigenvalue weighted by Crippen LogP contribution is -2.17. The monoisotopic (exact) mass is 255 g/mol. The summed E-state index contributed by atoms with van der Waals surface area (Å²) in [4.78, 5) is 3.87. The van der Waals surface area contributed by atoms with Crippen molar-refractivity contribution in [3.8, 4) is 0 Å². The second-order valence-corrected chi connectivity index (χ2v) is 3.99. The smallest absolute Gasteiger partial charge is 0.336 e. The van der Waals surface area contributed by atoms with Gasteiger partial charge in [0.1, 0.15) is 0 Å². The topological polar surface area (TPSA) is 43.8 Å². The summed E-state index contributed by atoms with van der Waals surface area (Å²) in [7, 11) is 0. The third kappa shape index (κ3) is 2.89. The molecular formula is C12H12F3N3. The summed E-state index contributed by atoms with van der Waals surface area (Å²) in [5, 5.41) is 0. The molecule has 0 aliphatic rings. The molecule has 1 unspecified atom stereocenters. The Morgan fingerprint density at radius 1 is 1.22 bits per heavy atom. The molecule has 0 amide bonds. The molecule has 0 aliphatic heterocycles. The van der Waals surface area contributed by atoms with Crippen molar-refractivity contribution in [1.82, 2.24) is 9.55 Å². The van der Waals surface area contributed by atoms with Gasteiger partial charge in [0.05, 0.1) is 11.9 Å². The fourth-order valence-corrected chi connectivity index (χ4v) is 1.65. The number of nitrogens with zero attached hydrogens (tertiary/aromatic N) is 2. The lowest BCUT2D eigenvalue weighted by atomic mass is 10.1. The van der Waals surface area contributed by atoms with Crippen LogP contribution < -0.4 is 5.73 Å². The molecule has 1 heterocycles. The van der Waals surface area contributed by atoms with Gasteiger partial charge in [0.25, 0.3) is 0 Å². The van der Waals surface area contributed by atoms with E-state index >= 15 is 0 Å². The van der Waals surface area contributed by atoms with E-state index in [9.17, 15) is 13.2 Å². The number of alkyl halides is 3. The van der Waals surface area contributed by atoms with Gasteiger partial charge in [-0.1, -0.05) is 12.1 Å². The fraction of sp³-hybridized carbons (Fsp3) is 0.250. The van der Waals surface area contributed by atoms with Crippen molar-refractivity contribution in [2.75, 3.05) is 0 Å². The summed E-state index contributed by atoms with van der Waals surface area (Å²) in [6.07, 6.45) is 0.681. The number of halogens is 3. The van der Waals surface area contributed by atoms with E-state index < -0.39 is 11.7 Å². The molecular weight excluding hydrogens is 243 g/mol. The van der Waals surface area contributed by atoms with Crippen LogP contribution in [0.5, 0.6) is 0 Å². The number of benzene rings is 1. The third-order valence-electron chi connectivity index (χ3n) is 2.63. The Kier molecular flexibility index (Phi) is 3.38. The van der Waals surface area contributed by atoms with Crippen LogP contribution in [0.1, 0.15) is 17.2 Å². The minimum Gasteiger partial charge on any atom is -0.336 e. The van der Waals surface area contributed by atoms with Crippen molar-refractivity contribution < 1.29 is 13.2 Å². The van der Waals surface area contributed by atoms with Gasteiger partial charge in [-0.15, -0.1) is 0 Å². The van der Waals surface area contributed by atoms with Crippen molar-refractivity contribution in [3.63, 3.8) is 0 Å². The Balaban J connectivity index is 2.10. The molecule has 0 radical (unpaired) electrons.